The van der Waals surface area contributed by atoms with E-state index in [0.717, 1.165) is 0 Å². The number of hydrogen-bond acceptors (Lipinski definition) is 1. The number of para-hydroxylation sites is 2. The third-order valence-electron chi connectivity index (χ3n) is 12.6. The van der Waals surface area contributed by atoms with Gasteiger partial charge >= 0.3 is 0 Å². The summed E-state index contributed by atoms with van der Waals surface area (Å²) in [6.07, 6.45) is 0. The van der Waals surface area contributed by atoms with Crippen LogP contribution in [0.1, 0.15) is 16.8 Å². The average Bonchev–Trinajstić information content (AvgIpc) is 4.02. The number of hydrogen-bond donors (Lipinski definition) is 0. The van der Waals surface area contributed by atoms with E-state index < -0.39 is 7.53 Å². The first-order valence-corrected chi connectivity index (χ1v) is 22.3. The molecular formula is C55H34NPS. The van der Waals surface area contributed by atoms with Gasteiger partial charge in [-0.15, -0.1) is 11.3 Å². The van der Waals surface area contributed by atoms with Crippen LogP contribution >= 0.6 is 18.9 Å². The highest BCUT2D eigenvalue weighted by atomic mass is 32.1. The average molecular weight is 772 g/mol. The van der Waals surface area contributed by atoms with Gasteiger partial charge in [-0.1, -0.05) is 135 Å². The Labute approximate surface area is 340 Å². The van der Waals surface area contributed by atoms with Crippen LogP contribution < -0.4 is 0 Å². The summed E-state index contributed by atoms with van der Waals surface area (Å²) in [6.45, 7) is 0. The lowest BCUT2D eigenvalue weighted by atomic mass is 9.98. The van der Waals surface area contributed by atoms with E-state index >= 15 is 0 Å². The van der Waals surface area contributed by atoms with Crippen LogP contribution in [-0.2, 0) is 0 Å². The molecule has 58 heavy (non-hydrogen) atoms. The Bertz CT molecular complexity index is 3590. The van der Waals surface area contributed by atoms with E-state index in [4.69, 9.17) is 0 Å². The summed E-state index contributed by atoms with van der Waals surface area (Å²) >= 11 is 1.88. The number of fused-ring (bicyclic) bond motifs is 12. The van der Waals surface area contributed by atoms with Crippen molar-refractivity contribution in [3.05, 3.63) is 211 Å². The molecule has 0 saturated carbocycles. The molecule has 0 amide bonds. The van der Waals surface area contributed by atoms with Crippen molar-refractivity contribution in [2.45, 2.75) is 5.66 Å². The van der Waals surface area contributed by atoms with Crippen molar-refractivity contribution in [3.8, 4) is 39.1 Å². The molecule has 0 N–H and O–H groups in total. The van der Waals surface area contributed by atoms with Crippen LogP contribution in [0.15, 0.2) is 200 Å². The molecule has 1 nitrogen and oxygen atoms in total. The Morgan fingerprint density at radius 2 is 0.862 bits per heavy atom. The van der Waals surface area contributed by atoms with Crippen molar-refractivity contribution in [3.63, 3.8) is 0 Å². The van der Waals surface area contributed by atoms with Gasteiger partial charge in [-0.3, -0.25) is 0 Å². The standard InChI is InChI=1S/C55H34NPS/c1-2-12-38(13-3-1)56-49-20-10-8-16-41(49)45-30-34(22-26-50(45)56)35-23-27-51-46(31-35)47-32-36(37-25-29-54-48(33-37)42-17-9-11-21-53(42)58-54)24-28-52(47)57(51)55-43-18-6-4-14-39(43)40-15-5-7-19-44(40)55/h1-33,55H. The summed E-state index contributed by atoms with van der Waals surface area (Å²) in [5.41, 5.74) is 14.6. The predicted octanol–water partition coefficient (Wildman–Crippen LogP) is 16.4. The topological polar surface area (TPSA) is 4.93 Å². The molecule has 270 valence electrons. The lowest BCUT2D eigenvalue weighted by Crippen LogP contribution is -1.92. The van der Waals surface area contributed by atoms with Crippen molar-refractivity contribution < 1.29 is 0 Å². The molecule has 0 bridgehead atoms. The summed E-state index contributed by atoms with van der Waals surface area (Å²) in [4.78, 5) is 0. The second-order valence-corrected chi connectivity index (χ2v) is 18.9. The summed E-state index contributed by atoms with van der Waals surface area (Å²) in [5.74, 6) is 0. The molecule has 1 unspecified atom stereocenters. The molecule has 0 saturated heterocycles. The fourth-order valence-electron chi connectivity index (χ4n) is 10.0. The lowest BCUT2D eigenvalue weighted by molar-refractivity contribution is 1.18. The molecule has 13 rings (SSSR count). The minimum absolute atomic E-state index is 0.299. The Morgan fingerprint density at radius 1 is 0.362 bits per heavy atom. The van der Waals surface area contributed by atoms with Gasteiger partial charge in [0.15, 0.2) is 0 Å². The third kappa shape index (κ3) is 4.65. The molecule has 1 atom stereocenters. The molecule has 12 aromatic rings. The van der Waals surface area contributed by atoms with E-state index in [1.54, 1.807) is 0 Å². The first-order valence-electron chi connectivity index (χ1n) is 20.0. The molecule has 0 fully saturated rings. The van der Waals surface area contributed by atoms with Gasteiger partial charge in [0.2, 0.25) is 0 Å². The second kappa shape index (κ2) is 12.4. The number of nitrogens with zero attached hydrogens (tertiary/aromatic N) is 1. The van der Waals surface area contributed by atoms with Crippen molar-refractivity contribution in [2.75, 3.05) is 0 Å². The van der Waals surface area contributed by atoms with Crippen LogP contribution in [0.25, 0.3) is 102 Å². The third-order valence-corrected chi connectivity index (χ3v) is 16.6. The van der Waals surface area contributed by atoms with Gasteiger partial charge in [-0.05, 0) is 128 Å². The molecule has 1 aliphatic rings. The van der Waals surface area contributed by atoms with E-state index in [1.807, 2.05) is 11.3 Å². The van der Waals surface area contributed by atoms with Crippen molar-refractivity contribution in [1.82, 2.24) is 4.57 Å². The summed E-state index contributed by atoms with van der Waals surface area (Å²) in [6, 6.07) is 75.4. The van der Waals surface area contributed by atoms with Crippen LogP contribution in [0.5, 0.6) is 0 Å². The molecule has 0 spiro atoms. The minimum Gasteiger partial charge on any atom is -0.309 e. The van der Waals surface area contributed by atoms with E-state index in [1.165, 1.54) is 113 Å². The second-order valence-electron chi connectivity index (χ2n) is 15.6. The summed E-state index contributed by atoms with van der Waals surface area (Å²) < 4.78 is 5.08. The zero-order valence-corrected chi connectivity index (χ0v) is 33.1. The Kier molecular flexibility index (Phi) is 6.92. The van der Waals surface area contributed by atoms with Gasteiger partial charge in [0, 0.05) is 52.5 Å². The van der Waals surface area contributed by atoms with Crippen LogP contribution in [-0.4, -0.2) is 4.57 Å². The number of thiophene rings is 1. The van der Waals surface area contributed by atoms with Crippen molar-refractivity contribution in [1.29, 1.82) is 0 Å². The van der Waals surface area contributed by atoms with E-state index in [-0.39, 0.29) is 0 Å². The minimum atomic E-state index is -0.734. The highest BCUT2D eigenvalue weighted by molar-refractivity contribution is 7.62. The van der Waals surface area contributed by atoms with Gasteiger partial charge in [-0.2, -0.15) is 0 Å². The van der Waals surface area contributed by atoms with Gasteiger partial charge in [0.05, 0.1) is 11.0 Å². The molecule has 3 aromatic heterocycles. The first-order chi connectivity index (χ1) is 28.8. The van der Waals surface area contributed by atoms with Crippen LogP contribution in [0, 0.1) is 0 Å². The lowest BCUT2D eigenvalue weighted by Gasteiger charge is -2.16. The molecule has 1 aliphatic carbocycles. The van der Waals surface area contributed by atoms with Gasteiger partial charge in [0.25, 0.3) is 0 Å². The number of rotatable bonds is 4. The maximum Gasteiger partial charge on any atom is 0.0541 e. The highest BCUT2D eigenvalue weighted by Crippen LogP contribution is 2.65. The molecule has 9 aromatic carbocycles. The van der Waals surface area contributed by atoms with Crippen LogP contribution in [0.3, 0.4) is 0 Å². The van der Waals surface area contributed by atoms with Gasteiger partial charge in [0.1, 0.15) is 0 Å². The van der Waals surface area contributed by atoms with Gasteiger partial charge < -0.3 is 4.57 Å². The summed E-state index contributed by atoms with van der Waals surface area (Å²) in [7, 11) is -0.734. The molecular weight excluding hydrogens is 738 g/mol. The quantitative estimate of drug-likeness (QED) is 0.168. The van der Waals surface area contributed by atoms with Crippen molar-refractivity contribution >= 4 is 81.9 Å². The van der Waals surface area contributed by atoms with Crippen LogP contribution in [0.4, 0.5) is 0 Å². The zero-order valence-electron chi connectivity index (χ0n) is 31.4. The SMILES string of the molecule is c1ccc(-n2c3ccccc3c3cc(-c4ccc5c(c4)c4cc(-c6ccc7sc8ccccc8c7c6)ccc4p5C4c5ccccc5-c5ccccc54)ccc32)cc1. The molecule has 3 heterocycles. The Morgan fingerprint density at radius 3 is 1.57 bits per heavy atom. The Balaban J connectivity index is 1.05. The predicted molar refractivity (Wildman–Crippen MR) is 251 cm³/mol. The fraction of sp³-hybridized carbons (Fsp3) is 0.0182. The Hall–Kier alpha value is -6.70. The maximum atomic E-state index is 2.50. The monoisotopic (exact) mass is 771 g/mol. The molecule has 3 heteroatoms. The van der Waals surface area contributed by atoms with E-state index in [2.05, 4.69) is 205 Å². The van der Waals surface area contributed by atoms with Crippen LogP contribution in [0.2, 0.25) is 0 Å². The summed E-state index contributed by atoms with van der Waals surface area (Å²) in [5, 5.41) is 10.9. The van der Waals surface area contributed by atoms with E-state index in [9.17, 15) is 0 Å². The highest BCUT2D eigenvalue weighted by Gasteiger charge is 2.32. The number of aromatic nitrogens is 1. The smallest absolute Gasteiger partial charge is 0.0541 e. The largest absolute Gasteiger partial charge is 0.309 e. The first kappa shape index (κ1) is 32.4. The normalized spacial score (nSPS) is 13.1. The van der Waals surface area contributed by atoms with E-state index in [0.29, 0.717) is 5.66 Å². The van der Waals surface area contributed by atoms with Gasteiger partial charge in [-0.25, -0.2) is 0 Å². The number of benzene rings is 9. The zero-order chi connectivity index (χ0) is 37.9. The molecule has 0 aliphatic heterocycles. The maximum absolute atomic E-state index is 2.50. The van der Waals surface area contributed by atoms with Crippen molar-refractivity contribution in [2.24, 2.45) is 0 Å². The molecule has 0 radical (unpaired) electrons. The fourth-order valence-corrected chi connectivity index (χ4v) is 14.3.